The summed E-state index contributed by atoms with van der Waals surface area (Å²) in [5.41, 5.74) is 2.00. The molecule has 0 aliphatic rings. The van der Waals surface area contributed by atoms with Gasteiger partial charge in [-0.2, -0.15) is 5.26 Å². The van der Waals surface area contributed by atoms with Crippen LogP contribution in [0, 0.1) is 11.3 Å². The van der Waals surface area contributed by atoms with Crippen molar-refractivity contribution in [3.63, 3.8) is 0 Å². The molecule has 6 heteroatoms. The topological polar surface area (TPSA) is 36.7 Å². The van der Waals surface area contributed by atoms with Gasteiger partial charge in [0.25, 0.3) is 0 Å². The first-order valence-electron chi connectivity index (χ1n) is 5.20. The van der Waals surface area contributed by atoms with Crippen LogP contribution in [0.25, 0.3) is 11.3 Å². The summed E-state index contributed by atoms with van der Waals surface area (Å²) < 4.78 is 0. The van der Waals surface area contributed by atoms with E-state index in [1.54, 1.807) is 24.3 Å². The van der Waals surface area contributed by atoms with Gasteiger partial charge >= 0.3 is 0 Å². The molecule has 2 rings (SSSR count). The number of pyridine rings is 1. The molecular formula is C13H6Cl4N2. The van der Waals surface area contributed by atoms with E-state index >= 15 is 0 Å². The molecule has 1 aromatic heterocycles. The third-order valence-electron chi connectivity index (χ3n) is 2.47. The summed E-state index contributed by atoms with van der Waals surface area (Å²) in [6, 6.07) is 8.77. The smallest absolute Gasteiger partial charge is 0.129 e. The van der Waals surface area contributed by atoms with E-state index in [4.69, 9.17) is 51.7 Å². The zero-order valence-electron chi connectivity index (χ0n) is 9.42. The molecular weight excluding hydrogens is 326 g/mol. The predicted octanol–water partition coefficient (Wildman–Crippen LogP) is 5.43. The van der Waals surface area contributed by atoms with Crippen LogP contribution in [-0.2, 0) is 6.42 Å². The molecule has 0 radical (unpaired) electrons. The maximum absolute atomic E-state index is 8.83. The first-order chi connectivity index (χ1) is 9.02. The first-order valence-corrected chi connectivity index (χ1v) is 6.71. The fourth-order valence-corrected chi connectivity index (χ4v) is 2.38. The van der Waals surface area contributed by atoms with Crippen molar-refractivity contribution in [2.24, 2.45) is 0 Å². The Morgan fingerprint density at radius 3 is 2.26 bits per heavy atom. The van der Waals surface area contributed by atoms with E-state index in [0.717, 1.165) is 5.56 Å². The molecule has 0 spiro atoms. The lowest BCUT2D eigenvalue weighted by molar-refractivity contribution is 1.20. The molecule has 0 saturated carbocycles. The lowest BCUT2D eigenvalue weighted by Crippen LogP contribution is -1.93. The van der Waals surface area contributed by atoms with Gasteiger partial charge in [0.2, 0.25) is 0 Å². The van der Waals surface area contributed by atoms with E-state index in [1.807, 2.05) is 0 Å². The number of halogens is 4. The Kier molecular flexibility index (Phi) is 4.54. The number of rotatable bonds is 2. The predicted molar refractivity (Wildman–Crippen MR) is 79.0 cm³/mol. The van der Waals surface area contributed by atoms with E-state index in [1.165, 1.54) is 0 Å². The first kappa shape index (κ1) is 14.4. The highest BCUT2D eigenvalue weighted by atomic mass is 35.5. The number of nitrogens with zero attached hydrogens (tertiary/aromatic N) is 2. The summed E-state index contributed by atoms with van der Waals surface area (Å²) in [7, 11) is 0. The van der Waals surface area contributed by atoms with E-state index in [-0.39, 0.29) is 11.4 Å². The molecule has 0 saturated heterocycles. The van der Waals surface area contributed by atoms with Gasteiger partial charge in [0, 0.05) is 5.56 Å². The standard InChI is InChI=1S/C13H6Cl4N2/c14-9-5-8(6-10(15)12(9)17)13-7(3-4-18)1-2-11(16)19-13/h1-2,5-6H,3H2. The third kappa shape index (κ3) is 3.13. The molecule has 1 heterocycles. The zero-order valence-corrected chi connectivity index (χ0v) is 12.4. The zero-order chi connectivity index (χ0) is 14.0. The highest BCUT2D eigenvalue weighted by Crippen LogP contribution is 2.35. The van der Waals surface area contributed by atoms with Gasteiger partial charge in [-0.3, -0.25) is 0 Å². The van der Waals surface area contributed by atoms with Gasteiger partial charge in [0.05, 0.1) is 33.3 Å². The Bertz CT molecular complexity index is 654. The second-order valence-corrected chi connectivity index (χ2v) is 5.31. The van der Waals surface area contributed by atoms with Gasteiger partial charge in [-0.1, -0.05) is 52.5 Å². The third-order valence-corrected chi connectivity index (χ3v) is 3.88. The minimum atomic E-state index is 0.220. The Labute approximate surface area is 130 Å². The van der Waals surface area contributed by atoms with Crippen LogP contribution in [0.3, 0.4) is 0 Å². The number of hydrogen-bond acceptors (Lipinski definition) is 2. The van der Waals surface area contributed by atoms with Crippen LogP contribution in [0.15, 0.2) is 24.3 Å². The van der Waals surface area contributed by atoms with Crippen molar-refractivity contribution >= 4 is 46.4 Å². The molecule has 0 bridgehead atoms. The highest BCUT2D eigenvalue weighted by molar-refractivity contribution is 6.48. The van der Waals surface area contributed by atoms with Crippen molar-refractivity contribution in [2.45, 2.75) is 6.42 Å². The molecule has 0 atom stereocenters. The van der Waals surface area contributed by atoms with Crippen molar-refractivity contribution in [1.29, 1.82) is 5.26 Å². The molecule has 0 fully saturated rings. The molecule has 0 unspecified atom stereocenters. The monoisotopic (exact) mass is 330 g/mol. The van der Waals surface area contributed by atoms with Crippen molar-refractivity contribution in [3.05, 3.63) is 50.0 Å². The molecule has 2 aromatic rings. The molecule has 1 aromatic carbocycles. The summed E-state index contributed by atoms with van der Waals surface area (Å²) >= 11 is 23.8. The van der Waals surface area contributed by atoms with Crippen LogP contribution < -0.4 is 0 Å². The van der Waals surface area contributed by atoms with Crippen molar-refractivity contribution in [3.8, 4) is 17.3 Å². The lowest BCUT2D eigenvalue weighted by Gasteiger charge is -2.09. The maximum atomic E-state index is 8.83. The summed E-state index contributed by atoms with van der Waals surface area (Å²) in [6.45, 7) is 0. The fraction of sp³-hybridized carbons (Fsp3) is 0.0769. The van der Waals surface area contributed by atoms with Crippen LogP contribution in [0.1, 0.15) is 5.56 Å². The molecule has 0 amide bonds. The number of aromatic nitrogens is 1. The normalized spacial score (nSPS) is 10.3. The van der Waals surface area contributed by atoms with Crippen molar-refractivity contribution < 1.29 is 0 Å². The Balaban J connectivity index is 2.64. The minimum Gasteiger partial charge on any atom is -0.236 e. The molecule has 2 nitrogen and oxygen atoms in total. The summed E-state index contributed by atoms with van der Waals surface area (Å²) in [6.07, 6.45) is 0.220. The minimum absolute atomic E-state index is 0.220. The Morgan fingerprint density at radius 1 is 1.05 bits per heavy atom. The van der Waals surface area contributed by atoms with Gasteiger partial charge in [-0.25, -0.2) is 4.98 Å². The summed E-state index contributed by atoms with van der Waals surface area (Å²) in [5.74, 6) is 0. The van der Waals surface area contributed by atoms with Gasteiger partial charge in [-0.05, 0) is 23.8 Å². The van der Waals surface area contributed by atoms with E-state index in [2.05, 4.69) is 11.1 Å². The Hall–Kier alpha value is -0.980. The van der Waals surface area contributed by atoms with E-state index < -0.39 is 0 Å². The van der Waals surface area contributed by atoms with Gasteiger partial charge in [0.15, 0.2) is 0 Å². The number of hydrogen-bond donors (Lipinski definition) is 0. The van der Waals surface area contributed by atoms with Crippen LogP contribution >= 0.6 is 46.4 Å². The average molecular weight is 332 g/mol. The summed E-state index contributed by atoms with van der Waals surface area (Å²) in [5, 5.41) is 10.1. The van der Waals surface area contributed by atoms with Gasteiger partial charge < -0.3 is 0 Å². The van der Waals surface area contributed by atoms with Crippen molar-refractivity contribution in [1.82, 2.24) is 4.98 Å². The van der Waals surface area contributed by atoms with Crippen LogP contribution in [0.4, 0.5) is 0 Å². The fourth-order valence-electron chi connectivity index (χ4n) is 1.63. The van der Waals surface area contributed by atoms with Crippen LogP contribution in [0.2, 0.25) is 20.2 Å². The molecule has 0 aliphatic heterocycles. The van der Waals surface area contributed by atoms with Gasteiger partial charge in [0.1, 0.15) is 5.15 Å². The average Bonchev–Trinajstić information content (AvgIpc) is 2.37. The van der Waals surface area contributed by atoms with Crippen LogP contribution in [0.5, 0.6) is 0 Å². The van der Waals surface area contributed by atoms with E-state index in [0.29, 0.717) is 26.5 Å². The maximum Gasteiger partial charge on any atom is 0.129 e. The molecule has 0 N–H and O–H groups in total. The van der Waals surface area contributed by atoms with E-state index in [9.17, 15) is 0 Å². The SMILES string of the molecule is N#CCc1ccc(Cl)nc1-c1cc(Cl)c(Cl)c(Cl)c1. The number of nitriles is 1. The number of benzene rings is 1. The molecule has 19 heavy (non-hydrogen) atoms. The Morgan fingerprint density at radius 2 is 1.68 bits per heavy atom. The second kappa shape index (κ2) is 5.98. The van der Waals surface area contributed by atoms with Crippen LogP contribution in [-0.4, -0.2) is 4.98 Å². The second-order valence-electron chi connectivity index (χ2n) is 3.73. The highest BCUT2D eigenvalue weighted by Gasteiger charge is 2.12. The van der Waals surface area contributed by atoms with Crippen molar-refractivity contribution in [2.75, 3.05) is 0 Å². The molecule has 96 valence electrons. The van der Waals surface area contributed by atoms with Gasteiger partial charge in [-0.15, -0.1) is 0 Å². The lowest BCUT2D eigenvalue weighted by atomic mass is 10.0. The molecule has 0 aliphatic carbocycles. The largest absolute Gasteiger partial charge is 0.236 e. The quantitative estimate of drug-likeness (QED) is 0.543. The summed E-state index contributed by atoms with van der Waals surface area (Å²) in [4.78, 5) is 4.23.